The van der Waals surface area contributed by atoms with Crippen LogP contribution in [0.15, 0.2) is 58.0 Å². The number of nitrogens with one attached hydrogen (secondary N) is 1. The molecule has 4 rings (SSSR count). The second-order valence-electron chi connectivity index (χ2n) is 7.75. The van der Waals surface area contributed by atoms with Crippen molar-refractivity contribution in [3.8, 4) is 5.75 Å². The molecule has 0 bridgehead atoms. The molecular formula is C24H20FN3O6. The van der Waals surface area contributed by atoms with E-state index in [-0.39, 0.29) is 29.5 Å². The summed E-state index contributed by atoms with van der Waals surface area (Å²) in [6, 6.07) is 10.8. The number of hydrogen-bond acceptors (Lipinski definition) is 7. The van der Waals surface area contributed by atoms with E-state index in [1.807, 2.05) is 0 Å². The van der Waals surface area contributed by atoms with Crippen molar-refractivity contribution in [2.75, 3.05) is 0 Å². The Morgan fingerprint density at radius 1 is 1.15 bits per heavy atom. The summed E-state index contributed by atoms with van der Waals surface area (Å²) < 4.78 is 24.1. The Morgan fingerprint density at radius 2 is 1.85 bits per heavy atom. The molecule has 0 saturated heterocycles. The molecule has 0 saturated carbocycles. The van der Waals surface area contributed by atoms with Crippen LogP contribution in [0.3, 0.4) is 0 Å². The van der Waals surface area contributed by atoms with E-state index in [0.717, 1.165) is 6.42 Å². The summed E-state index contributed by atoms with van der Waals surface area (Å²) in [5.74, 6) is -0.738. The molecule has 1 N–H and O–H groups in total. The van der Waals surface area contributed by atoms with Gasteiger partial charge in [0, 0.05) is 29.7 Å². The number of amides is 1. The maximum Gasteiger partial charge on any atom is 0.379 e. The lowest BCUT2D eigenvalue weighted by molar-refractivity contribution is -0.384. The van der Waals surface area contributed by atoms with Gasteiger partial charge in [0.2, 0.25) is 11.7 Å². The van der Waals surface area contributed by atoms with E-state index in [0.29, 0.717) is 41.0 Å². The number of hydrogen-bond donors (Lipinski definition) is 1. The molecule has 2 aromatic carbocycles. The van der Waals surface area contributed by atoms with Crippen LogP contribution in [-0.4, -0.2) is 22.5 Å². The third kappa shape index (κ3) is 5.01. The predicted octanol–water partition coefficient (Wildman–Crippen LogP) is 4.25. The van der Waals surface area contributed by atoms with Gasteiger partial charge < -0.3 is 9.15 Å². The number of nitro benzene ring substituents is 1. The number of carbonyl (C=O) groups is 2. The quantitative estimate of drug-likeness (QED) is 0.251. The molecule has 1 amide bonds. The van der Waals surface area contributed by atoms with Gasteiger partial charge in [0.15, 0.2) is 0 Å². The Labute approximate surface area is 193 Å². The highest BCUT2D eigenvalue weighted by Crippen LogP contribution is 2.30. The van der Waals surface area contributed by atoms with Gasteiger partial charge in [-0.1, -0.05) is 12.1 Å². The molecule has 3 aromatic rings. The van der Waals surface area contributed by atoms with E-state index in [9.17, 15) is 24.1 Å². The molecule has 9 nitrogen and oxygen atoms in total. The van der Waals surface area contributed by atoms with Crippen LogP contribution in [-0.2, 0) is 17.6 Å². The van der Waals surface area contributed by atoms with Crippen molar-refractivity contribution in [2.45, 2.75) is 32.6 Å². The van der Waals surface area contributed by atoms with Gasteiger partial charge in [-0.15, -0.1) is 0 Å². The van der Waals surface area contributed by atoms with Crippen LogP contribution in [0.25, 0.3) is 0 Å². The highest BCUT2D eigenvalue weighted by molar-refractivity contribution is 6.06. The number of non-ortho nitro benzene ring substituents is 1. The van der Waals surface area contributed by atoms with Crippen LogP contribution < -0.4 is 10.2 Å². The van der Waals surface area contributed by atoms with Crippen molar-refractivity contribution >= 4 is 23.3 Å². The summed E-state index contributed by atoms with van der Waals surface area (Å²) in [4.78, 5) is 35.2. The average molecular weight is 465 g/mol. The smallest absolute Gasteiger partial charge is 0.379 e. The first kappa shape index (κ1) is 22.8. The minimum absolute atomic E-state index is 0.00124. The molecular weight excluding hydrogens is 445 g/mol. The van der Waals surface area contributed by atoms with Crippen molar-refractivity contribution in [1.82, 2.24) is 5.43 Å². The van der Waals surface area contributed by atoms with Crippen molar-refractivity contribution < 1.29 is 28.1 Å². The van der Waals surface area contributed by atoms with Crippen molar-refractivity contribution in [3.05, 3.63) is 92.7 Å². The molecule has 0 fully saturated rings. The third-order valence-electron chi connectivity index (χ3n) is 5.36. The minimum atomic E-state index is -0.708. The Kier molecular flexibility index (Phi) is 6.48. The van der Waals surface area contributed by atoms with Crippen molar-refractivity contribution in [1.29, 1.82) is 0 Å². The van der Waals surface area contributed by atoms with E-state index >= 15 is 0 Å². The first-order valence-corrected chi connectivity index (χ1v) is 10.5. The van der Waals surface area contributed by atoms with Gasteiger partial charge in [0.1, 0.15) is 17.3 Å². The van der Waals surface area contributed by atoms with E-state index in [1.54, 1.807) is 6.92 Å². The molecule has 0 unspecified atom stereocenters. The van der Waals surface area contributed by atoms with Gasteiger partial charge >= 0.3 is 5.97 Å². The van der Waals surface area contributed by atoms with Gasteiger partial charge in [0.05, 0.1) is 17.1 Å². The normalized spacial score (nSPS) is 13.9. The molecule has 1 aliphatic rings. The fourth-order valence-corrected chi connectivity index (χ4v) is 3.72. The lowest BCUT2D eigenvalue weighted by Gasteiger charge is -2.13. The summed E-state index contributed by atoms with van der Waals surface area (Å²) in [7, 11) is 0. The van der Waals surface area contributed by atoms with Crippen LogP contribution in [0.1, 0.15) is 45.8 Å². The van der Waals surface area contributed by atoms with Gasteiger partial charge in [-0.05, 0) is 49.6 Å². The van der Waals surface area contributed by atoms with Crippen molar-refractivity contribution in [3.63, 3.8) is 0 Å². The number of nitrogens with zero attached hydrogens (tertiary/aromatic N) is 2. The molecule has 174 valence electrons. The number of esters is 1. The minimum Gasteiger partial charge on any atom is -0.453 e. The second kappa shape index (κ2) is 9.65. The monoisotopic (exact) mass is 465 g/mol. The molecule has 0 aliphatic heterocycles. The number of halogens is 1. The number of nitro groups is 1. The molecule has 0 spiro atoms. The molecule has 1 aromatic heterocycles. The highest BCUT2D eigenvalue weighted by Gasteiger charge is 2.29. The van der Waals surface area contributed by atoms with Crippen LogP contribution in [0.4, 0.5) is 10.1 Å². The maximum atomic E-state index is 13.1. The number of fused-ring (bicyclic) bond motifs is 1. The van der Waals surface area contributed by atoms with E-state index in [1.165, 1.54) is 48.5 Å². The lowest BCUT2D eigenvalue weighted by atomic mass is 9.93. The molecule has 10 heteroatoms. The molecule has 1 aliphatic carbocycles. The highest BCUT2D eigenvalue weighted by atomic mass is 19.1. The zero-order valence-corrected chi connectivity index (χ0v) is 18.2. The van der Waals surface area contributed by atoms with Gasteiger partial charge in [0.25, 0.3) is 5.69 Å². The van der Waals surface area contributed by atoms with E-state index in [4.69, 9.17) is 9.15 Å². The SMILES string of the molecule is Cc1c(C(=O)Oc2ccc(F)cc2)oc2c1/C(=N/NC(=O)Cc1ccc([N+](=O)[O-])cc1)CCC2. The topological polar surface area (TPSA) is 124 Å². The van der Waals surface area contributed by atoms with Crippen LogP contribution in [0, 0.1) is 22.9 Å². The summed E-state index contributed by atoms with van der Waals surface area (Å²) in [5, 5.41) is 15.0. The van der Waals surface area contributed by atoms with Crippen LogP contribution in [0.2, 0.25) is 0 Å². The zero-order chi connectivity index (χ0) is 24.2. The fraction of sp³-hybridized carbons (Fsp3) is 0.208. The largest absolute Gasteiger partial charge is 0.453 e. The predicted molar refractivity (Wildman–Crippen MR) is 119 cm³/mol. The Hall–Kier alpha value is -4.34. The van der Waals surface area contributed by atoms with E-state index < -0.39 is 16.7 Å². The molecule has 0 radical (unpaired) electrons. The first-order valence-electron chi connectivity index (χ1n) is 10.5. The molecule has 0 atom stereocenters. The average Bonchev–Trinajstić information content (AvgIpc) is 3.17. The summed E-state index contributed by atoms with van der Waals surface area (Å²) in [6.07, 6.45) is 1.91. The van der Waals surface area contributed by atoms with Gasteiger partial charge in [-0.2, -0.15) is 5.10 Å². The number of rotatable bonds is 6. The zero-order valence-electron chi connectivity index (χ0n) is 18.2. The number of ether oxygens (including phenoxy) is 1. The van der Waals surface area contributed by atoms with Gasteiger partial charge in [-0.25, -0.2) is 14.6 Å². The summed E-state index contributed by atoms with van der Waals surface area (Å²) in [6.45, 7) is 1.71. The fourth-order valence-electron chi connectivity index (χ4n) is 3.72. The van der Waals surface area contributed by atoms with E-state index in [2.05, 4.69) is 10.5 Å². The Bertz CT molecular complexity index is 1280. The molecule has 34 heavy (non-hydrogen) atoms. The third-order valence-corrected chi connectivity index (χ3v) is 5.36. The van der Waals surface area contributed by atoms with Gasteiger partial charge in [-0.3, -0.25) is 14.9 Å². The Balaban J connectivity index is 1.47. The standard InChI is InChI=1S/C24H20FN3O6/c1-14-22-19(26-27-21(29)13-15-5-9-17(10-6-15)28(31)32)3-2-4-20(22)34-23(14)24(30)33-18-11-7-16(25)8-12-18/h5-12H,2-4,13H2,1H3,(H,27,29)/b26-19+. The van der Waals surface area contributed by atoms with Crippen molar-refractivity contribution in [2.24, 2.45) is 5.10 Å². The summed E-state index contributed by atoms with van der Waals surface area (Å²) >= 11 is 0. The molecule has 1 heterocycles. The lowest BCUT2D eigenvalue weighted by Crippen LogP contribution is -2.23. The number of carbonyl (C=O) groups excluding carboxylic acids is 2. The number of aryl methyl sites for hydroxylation is 1. The summed E-state index contributed by atoms with van der Waals surface area (Å²) in [5.41, 5.74) is 4.86. The number of furan rings is 1. The number of hydrazone groups is 1. The maximum absolute atomic E-state index is 13.1. The first-order chi connectivity index (χ1) is 16.3. The number of benzene rings is 2. The Morgan fingerprint density at radius 3 is 2.53 bits per heavy atom. The van der Waals surface area contributed by atoms with Crippen LogP contribution >= 0.6 is 0 Å². The second-order valence-corrected chi connectivity index (χ2v) is 7.75. The van der Waals surface area contributed by atoms with Crippen LogP contribution in [0.5, 0.6) is 5.75 Å².